The molecule has 1 N–H and O–H groups in total. The average Bonchev–Trinajstić information content (AvgIpc) is 2.67. The molecule has 1 amide bonds. The molecule has 0 aliphatic heterocycles. The molecule has 4 nitrogen and oxygen atoms in total. The van der Waals surface area contributed by atoms with Gasteiger partial charge < -0.3 is 10.1 Å². The zero-order chi connectivity index (χ0) is 18.4. The Kier molecular flexibility index (Phi) is 5.25. The lowest BCUT2D eigenvalue weighted by atomic mass is 10.2. The van der Waals surface area contributed by atoms with Gasteiger partial charge in [-0.05, 0) is 60.2 Å². The van der Waals surface area contributed by atoms with Crippen LogP contribution in [0.5, 0.6) is 5.75 Å². The predicted molar refractivity (Wildman–Crippen MR) is 96.3 cm³/mol. The summed E-state index contributed by atoms with van der Waals surface area (Å²) in [6.07, 6.45) is 0. The first-order valence-corrected chi connectivity index (χ1v) is 7.93. The molecule has 0 aromatic heterocycles. The van der Waals surface area contributed by atoms with E-state index in [2.05, 4.69) is 5.32 Å². The van der Waals surface area contributed by atoms with Crippen molar-refractivity contribution in [1.82, 2.24) is 0 Å². The minimum atomic E-state index is -0.318. The van der Waals surface area contributed by atoms with Crippen molar-refractivity contribution in [3.05, 3.63) is 95.3 Å². The number of anilines is 1. The van der Waals surface area contributed by atoms with Crippen LogP contribution in [0.3, 0.4) is 0 Å². The third kappa shape index (κ3) is 4.46. The van der Waals surface area contributed by atoms with Crippen LogP contribution in [0.15, 0.2) is 72.8 Å². The van der Waals surface area contributed by atoms with E-state index in [1.54, 1.807) is 60.7 Å². The first-order valence-electron chi connectivity index (χ1n) is 7.93. The van der Waals surface area contributed by atoms with E-state index in [1.807, 2.05) is 6.07 Å². The van der Waals surface area contributed by atoms with Gasteiger partial charge in [0.15, 0.2) is 0 Å². The summed E-state index contributed by atoms with van der Waals surface area (Å²) >= 11 is 0. The Balaban J connectivity index is 1.65. The number of amides is 1. The highest BCUT2D eigenvalue weighted by atomic mass is 19.1. The van der Waals surface area contributed by atoms with Crippen LogP contribution >= 0.6 is 0 Å². The largest absolute Gasteiger partial charge is 0.489 e. The third-order valence-corrected chi connectivity index (χ3v) is 3.66. The van der Waals surface area contributed by atoms with Crippen LogP contribution < -0.4 is 10.1 Å². The van der Waals surface area contributed by atoms with Crippen LogP contribution in [-0.2, 0) is 6.61 Å². The van der Waals surface area contributed by atoms with Gasteiger partial charge >= 0.3 is 0 Å². The SMILES string of the molecule is N#Cc1ccc(NC(=O)c2cccc(OCc3cccc(F)c3)c2)cc1. The predicted octanol–water partition coefficient (Wildman–Crippen LogP) is 4.53. The van der Waals surface area contributed by atoms with Crippen molar-refractivity contribution in [2.45, 2.75) is 6.61 Å². The monoisotopic (exact) mass is 346 g/mol. The first-order chi connectivity index (χ1) is 12.6. The van der Waals surface area contributed by atoms with Crippen LogP contribution in [0.1, 0.15) is 21.5 Å². The van der Waals surface area contributed by atoms with Crippen LogP contribution in [0, 0.1) is 17.1 Å². The summed E-state index contributed by atoms with van der Waals surface area (Å²) in [6.45, 7) is 0.207. The molecule has 0 aliphatic rings. The standard InChI is InChI=1S/C21H15FN2O2/c22-18-5-1-3-16(11-18)14-26-20-6-2-4-17(12-20)21(25)24-19-9-7-15(13-23)8-10-19/h1-12H,14H2,(H,24,25). The fourth-order valence-corrected chi connectivity index (χ4v) is 2.35. The van der Waals surface area contributed by atoms with Crippen molar-refractivity contribution in [2.24, 2.45) is 0 Å². The topological polar surface area (TPSA) is 62.1 Å². The second-order valence-corrected chi connectivity index (χ2v) is 5.59. The van der Waals surface area contributed by atoms with Gasteiger partial charge in [-0.2, -0.15) is 5.26 Å². The van der Waals surface area contributed by atoms with Gasteiger partial charge in [0.2, 0.25) is 0 Å². The number of nitrogens with one attached hydrogen (secondary N) is 1. The van der Waals surface area contributed by atoms with Gasteiger partial charge in [0.25, 0.3) is 5.91 Å². The van der Waals surface area contributed by atoms with Crippen LogP contribution in [0.4, 0.5) is 10.1 Å². The Hall–Kier alpha value is -3.65. The second kappa shape index (κ2) is 7.95. The highest BCUT2D eigenvalue weighted by Gasteiger charge is 2.08. The fourth-order valence-electron chi connectivity index (χ4n) is 2.35. The van der Waals surface area contributed by atoms with E-state index >= 15 is 0 Å². The summed E-state index contributed by atoms with van der Waals surface area (Å²) in [6, 6.07) is 21.5. The molecule has 3 rings (SSSR count). The number of hydrogen-bond donors (Lipinski definition) is 1. The smallest absolute Gasteiger partial charge is 0.255 e. The molecule has 5 heteroatoms. The Morgan fingerprint density at radius 1 is 1.04 bits per heavy atom. The summed E-state index contributed by atoms with van der Waals surface area (Å²) in [5.74, 6) is -0.0886. The zero-order valence-electron chi connectivity index (χ0n) is 13.8. The minimum Gasteiger partial charge on any atom is -0.489 e. The number of carbonyl (C=O) groups is 1. The molecule has 3 aromatic carbocycles. The molecule has 0 radical (unpaired) electrons. The van der Waals surface area contributed by atoms with E-state index in [9.17, 15) is 9.18 Å². The molecule has 0 bridgehead atoms. The normalized spacial score (nSPS) is 10.0. The Morgan fingerprint density at radius 2 is 1.81 bits per heavy atom. The van der Waals surface area contributed by atoms with Gasteiger partial charge in [-0.3, -0.25) is 4.79 Å². The number of benzene rings is 3. The number of ether oxygens (including phenoxy) is 1. The van der Waals surface area contributed by atoms with E-state index in [1.165, 1.54) is 12.1 Å². The number of rotatable bonds is 5. The summed E-state index contributed by atoms with van der Waals surface area (Å²) in [5.41, 5.74) is 2.26. The molecule has 0 saturated carbocycles. The fraction of sp³-hybridized carbons (Fsp3) is 0.0476. The van der Waals surface area contributed by atoms with Gasteiger partial charge in [-0.1, -0.05) is 18.2 Å². The molecule has 0 aliphatic carbocycles. The highest BCUT2D eigenvalue weighted by molar-refractivity contribution is 6.04. The van der Waals surface area contributed by atoms with Gasteiger partial charge in [0.05, 0.1) is 11.6 Å². The molecule has 0 unspecified atom stereocenters. The van der Waals surface area contributed by atoms with E-state index in [4.69, 9.17) is 10.00 Å². The van der Waals surface area contributed by atoms with Gasteiger partial charge in [0.1, 0.15) is 18.2 Å². The second-order valence-electron chi connectivity index (χ2n) is 5.59. The van der Waals surface area contributed by atoms with Crippen molar-refractivity contribution in [1.29, 1.82) is 5.26 Å². The summed E-state index contributed by atoms with van der Waals surface area (Å²) in [7, 11) is 0. The van der Waals surface area contributed by atoms with Gasteiger partial charge in [0, 0.05) is 11.3 Å². The molecule has 0 spiro atoms. The lowest BCUT2D eigenvalue weighted by Crippen LogP contribution is -2.12. The van der Waals surface area contributed by atoms with Crippen molar-refractivity contribution in [3.8, 4) is 11.8 Å². The number of nitriles is 1. The van der Waals surface area contributed by atoms with Crippen LogP contribution in [0.2, 0.25) is 0 Å². The Morgan fingerprint density at radius 3 is 2.54 bits per heavy atom. The van der Waals surface area contributed by atoms with Gasteiger partial charge in [-0.15, -0.1) is 0 Å². The maximum atomic E-state index is 13.2. The third-order valence-electron chi connectivity index (χ3n) is 3.66. The maximum Gasteiger partial charge on any atom is 0.255 e. The summed E-state index contributed by atoms with van der Waals surface area (Å²) in [4.78, 5) is 12.4. The van der Waals surface area contributed by atoms with E-state index in [-0.39, 0.29) is 18.3 Å². The number of nitrogens with zero attached hydrogens (tertiary/aromatic N) is 1. The summed E-state index contributed by atoms with van der Waals surface area (Å²) < 4.78 is 18.8. The molecule has 3 aromatic rings. The molecule has 26 heavy (non-hydrogen) atoms. The number of carbonyl (C=O) groups excluding carboxylic acids is 1. The first kappa shape index (κ1) is 17.2. The Bertz CT molecular complexity index is 962. The molecule has 0 atom stereocenters. The molecule has 0 fully saturated rings. The van der Waals surface area contributed by atoms with Crippen molar-refractivity contribution < 1.29 is 13.9 Å². The minimum absolute atomic E-state index is 0.207. The average molecular weight is 346 g/mol. The van der Waals surface area contributed by atoms with Crippen molar-refractivity contribution in [3.63, 3.8) is 0 Å². The number of hydrogen-bond acceptors (Lipinski definition) is 3. The molecule has 128 valence electrons. The molecular formula is C21H15FN2O2. The lowest BCUT2D eigenvalue weighted by molar-refractivity contribution is 0.102. The zero-order valence-corrected chi connectivity index (χ0v) is 13.8. The van der Waals surface area contributed by atoms with Crippen molar-refractivity contribution in [2.75, 3.05) is 5.32 Å². The highest BCUT2D eigenvalue weighted by Crippen LogP contribution is 2.17. The number of halogens is 1. The Labute approximate surface area is 150 Å². The molecular weight excluding hydrogens is 331 g/mol. The van der Waals surface area contributed by atoms with E-state index < -0.39 is 0 Å². The maximum absolute atomic E-state index is 13.2. The van der Waals surface area contributed by atoms with Crippen LogP contribution in [0.25, 0.3) is 0 Å². The summed E-state index contributed by atoms with van der Waals surface area (Å²) in [5, 5.41) is 11.6. The quantitative estimate of drug-likeness (QED) is 0.738. The van der Waals surface area contributed by atoms with Crippen LogP contribution in [-0.4, -0.2) is 5.91 Å². The van der Waals surface area contributed by atoms with Crippen molar-refractivity contribution >= 4 is 11.6 Å². The lowest BCUT2D eigenvalue weighted by Gasteiger charge is -2.09. The molecule has 0 saturated heterocycles. The molecule has 0 heterocycles. The van der Waals surface area contributed by atoms with Gasteiger partial charge in [-0.25, -0.2) is 4.39 Å². The van der Waals surface area contributed by atoms with E-state index in [0.29, 0.717) is 28.1 Å². The van der Waals surface area contributed by atoms with E-state index in [0.717, 1.165) is 0 Å².